The molecule has 1 saturated heterocycles. The van der Waals surface area contributed by atoms with Crippen LogP contribution < -0.4 is 10.6 Å². The van der Waals surface area contributed by atoms with Crippen LogP contribution in [0, 0.1) is 0 Å². The summed E-state index contributed by atoms with van der Waals surface area (Å²) in [6.45, 7) is 9.41. The van der Waals surface area contributed by atoms with Gasteiger partial charge in [0.05, 0.1) is 6.54 Å². The van der Waals surface area contributed by atoms with E-state index in [1.54, 1.807) is 7.05 Å². The van der Waals surface area contributed by atoms with Crippen LogP contribution in [0.5, 0.6) is 0 Å². The van der Waals surface area contributed by atoms with Crippen molar-refractivity contribution < 1.29 is 4.79 Å². The number of rotatable bonds is 6. The summed E-state index contributed by atoms with van der Waals surface area (Å²) in [4.78, 5) is 18.5. The van der Waals surface area contributed by atoms with E-state index in [1.165, 1.54) is 17.5 Å². The predicted octanol–water partition coefficient (Wildman–Crippen LogP) is 3.32. The van der Waals surface area contributed by atoms with E-state index in [1.807, 2.05) is 4.90 Å². The van der Waals surface area contributed by atoms with E-state index in [2.05, 4.69) is 60.7 Å². The van der Waals surface area contributed by atoms with E-state index >= 15 is 0 Å². The van der Waals surface area contributed by atoms with Crippen LogP contribution in [0.1, 0.15) is 51.2 Å². The van der Waals surface area contributed by atoms with Crippen LogP contribution in [0.15, 0.2) is 29.3 Å². The molecule has 0 unspecified atom stereocenters. The Morgan fingerprint density at radius 3 is 2.30 bits per heavy atom. The zero-order chi connectivity index (χ0) is 19.0. The largest absolute Gasteiger partial charge is 0.356 e. The highest BCUT2D eigenvalue weighted by atomic mass is 127. The van der Waals surface area contributed by atoms with Crippen LogP contribution in [0.2, 0.25) is 0 Å². The molecule has 1 aromatic rings. The molecule has 1 amide bonds. The third-order valence-electron chi connectivity index (χ3n) is 5.18. The molecule has 0 atom stereocenters. The normalized spacial score (nSPS) is 15.1. The number of guanidine groups is 1. The molecule has 0 aromatic heterocycles. The standard InChI is InChI=1S/C21H34N4O.HI/c1-5-17-9-11-18(12-10-17)21(2,3)16-24-20(22-4)23-15-19(26)25-13-7-6-8-14-25;/h9-12H,5-8,13-16H2,1-4H3,(H2,22,23,24);1H. The van der Waals surface area contributed by atoms with Crippen molar-refractivity contribution in [2.75, 3.05) is 33.2 Å². The minimum Gasteiger partial charge on any atom is -0.356 e. The van der Waals surface area contributed by atoms with Gasteiger partial charge in [0.25, 0.3) is 0 Å². The van der Waals surface area contributed by atoms with E-state index in [0.29, 0.717) is 12.5 Å². The topological polar surface area (TPSA) is 56.7 Å². The van der Waals surface area contributed by atoms with E-state index in [-0.39, 0.29) is 35.3 Å². The van der Waals surface area contributed by atoms with Gasteiger partial charge in [-0.25, -0.2) is 0 Å². The highest BCUT2D eigenvalue weighted by Crippen LogP contribution is 2.22. The first-order chi connectivity index (χ1) is 12.5. The molecule has 1 heterocycles. The number of carbonyl (C=O) groups excluding carboxylic acids is 1. The minimum absolute atomic E-state index is 0. The van der Waals surface area contributed by atoms with Crippen LogP contribution >= 0.6 is 24.0 Å². The molecule has 0 aliphatic carbocycles. The maximum absolute atomic E-state index is 12.3. The summed E-state index contributed by atoms with van der Waals surface area (Å²) in [7, 11) is 1.74. The van der Waals surface area contributed by atoms with E-state index < -0.39 is 0 Å². The quantitative estimate of drug-likeness (QED) is 0.369. The van der Waals surface area contributed by atoms with Crippen molar-refractivity contribution >= 4 is 35.8 Å². The number of nitrogens with zero attached hydrogens (tertiary/aromatic N) is 2. The number of hydrogen-bond acceptors (Lipinski definition) is 2. The lowest BCUT2D eigenvalue weighted by molar-refractivity contribution is -0.130. The number of amides is 1. The monoisotopic (exact) mass is 486 g/mol. The molecular weight excluding hydrogens is 451 g/mol. The molecule has 0 saturated carbocycles. The van der Waals surface area contributed by atoms with Gasteiger partial charge in [-0.15, -0.1) is 24.0 Å². The maximum atomic E-state index is 12.3. The zero-order valence-corrected chi connectivity index (χ0v) is 19.5. The Morgan fingerprint density at radius 1 is 1.11 bits per heavy atom. The Kier molecular flexibility index (Phi) is 10.1. The number of halogens is 1. The van der Waals surface area contributed by atoms with Gasteiger partial charge in [0.15, 0.2) is 5.96 Å². The molecular formula is C21H35IN4O. The van der Waals surface area contributed by atoms with Gasteiger partial charge in [-0.1, -0.05) is 45.0 Å². The summed E-state index contributed by atoms with van der Waals surface area (Å²) >= 11 is 0. The van der Waals surface area contributed by atoms with Crippen molar-refractivity contribution in [3.63, 3.8) is 0 Å². The number of carbonyl (C=O) groups is 1. The number of hydrogen-bond donors (Lipinski definition) is 2. The van der Waals surface area contributed by atoms with Crippen LogP contribution in [0.3, 0.4) is 0 Å². The fraction of sp³-hybridized carbons (Fsp3) is 0.619. The van der Waals surface area contributed by atoms with Crippen LogP contribution in [0.4, 0.5) is 0 Å². The summed E-state index contributed by atoms with van der Waals surface area (Å²) in [5, 5.41) is 6.52. The fourth-order valence-corrected chi connectivity index (χ4v) is 3.23. The van der Waals surface area contributed by atoms with Gasteiger partial charge < -0.3 is 15.5 Å². The van der Waals surface area contributed by atoms with Crippen molar-refractivity contribution in [2.24, 2.45) is 4.99 Å². The Morgan fingerprint density at radius 2 is 1.74 bits per heavy atom. The Balaban J connectivity index is 0.00000364. The molecule has 0 radical (unpaired) electrons. The minimum atomic E-state index is -0.0270. The smallest absolute Gasteiger partial charge is 0.241 e. The van der Waals surface area contributed by atoms with E-state index in [4.69, 9.17) is 0 Å². The molecule has 0 bridgehead atoms. The Hall–Kier alpha value is -1.31. The average Bonchev–Trinajstić information content (AvgIpc) is 2.68. The third-order valence-corrected chi connectivity index (χ3v) is 5.18. The number of benzene rings is 1. The summed E-state index contributed by atoms with van der Waals surface area (Å²) in [5.41, 5.74) is 2.62. The molecule has 1 fully saturated rings. The molecule has 152 valence electrons. The molecule has 6 heteroatoms. The average molecular weight is 486 g/mol. The van der Waals surface area contributed by atoms with Gasteiger partial charge in [-0.05, 0) is 36.8 Å². The lowest BCUT2D eigenvalue weighted by Gasteiger charge is -2.28. The lowest BCUT2D eigenvalue weighted by Crippen LogP contribution is -2.48. The van der Waals surface area contributed by atoms with Crippen molar-refractivity contribution in [1.82, 2.24) is 15.5 Å². The molecule has 27 heavy (non-hydrogen) atoms. The zero-order valence-electron chi connectivity index (χ0n) is 17.2. The SMILES string of the molecule is CCc1ccc(C(C)(C)CNC(=NC)NCC(=O)N2CCCCC2)cc1.I. The van der Waals surface area contributed by atoms with Gasteiger partial charge in [0.2, 0.25) is 5.91 Å². The van der Waals surface area contributed by atoms with Crippen molar-refractivity contribution in [3.8, 4) is 0 Å². The first-order valence-electron chi connectivity index (χ1n) is 9.78. The Bertz CT molecular complexity index is 607. The molecule has 1 aliphatic rings. The second kappa shape index (κ2) is 11.5. The lowest BCUT2D eigenvalue weighted by atomic mass is 9.84. The summed E-state index contributed by atoms with van der Waals surface area (Å²) in [5.74, 6) is 0.829. The maximum Gasteiger partial charge on any atom is 0.241 e. The molecule has 1 aromatic carbocycles. The van der Waals surface area contributed by atoms with Crippen molar-refractivity contribution in [2.45, 2.75) is 51.9 Å². The van der Waals surface area contributed by atoms with Crippen molar-refractivity contribution in [3.05, 3.63) is 35.4 Å². The Labute approximate surface area is 181 Å². The van der Waals surface area contributed by atoms with Crippen LogP contribution in [-0.4, -0.2) is 50.0 Å². The van der Waals surface area contributed by atoms with Crippen molar-refractivity contribution in [1.29, 1.82) is 0 Å². The highest BCUT2D eigenvalue weighted by molar-refractivity contribution is 14.0. The summed E-state index contributed by atoms with van der Waals surface area (Å²) < 4.78 is 0. The molecule has 2 rings (SSSR count). The highest BCUT2D eigenvalue weighted by Gasteiger charge is 2.21. The fourth-order valence-electron chi connectivity index (χ4n) is 3.23. The first kappa shape index (κ1) is 23.7. The second-order valence-corrected chi connectivity index (χ2v) is 7.66. The van der Waals surface area contributed by atoms with Gasteiger partial charge in [0, 0.05) is 32.1 Å². The van der Waals surface area contributed by atoms with E-state index in [9.17, 15) is 4.79 Å². The third kappa shape index (κ3) is 7.31. The predicted molar refractivity (Wildman–Crippen MR) is 124 cm³/mol. The molecule has 1 aliphatic heterocycles. The van der Waals surface area contributed by atoms with Crippen LogP contribution in [0.25, 0.3) is 0 Å². The number of aryl methyl sites for hydroxylation is 1. The molecule has 0 spiro atoms. The number of aliphatic imine (C=N–C) groups is 1. The first-order valence-corrected chi connectivity index (χ1v) is 9.78. The molecule has 2 N–H and O–H groups in total. The number of likely N-dealkylation sites (tertiary alicyclic amines) is 1. The van der Waals surface area contributed by atoms with Gasteiger partial charge in [0.1, 0.15) is 0 Å². The van der Waals surface area contributed by atoms with Crippen LogP contribution in [-0.2, 0) is 16.6 Å². The summed E-state index contributed by atoms with van der Waals surface area (Å²) in [6, 6.07) is 8.80. The van der Waals surface area contributed by atoms with E-state index in [0.717, 1.165) is 38.9 Å². The number of piperidine rings is 1. The summed E-state index contributed by atoms with van der Waals surface area (Å²) in [6.07, 6.45) is 4.52. The van der Waals surface area contributed by atoms with Gasteiger partial charge >= 0.3 is 0 Å². The van der Waals surface area contributed by atoms with Gasteiger partial charge in [-0.2, -0.15) is 0 Å². The number of nitrogens with one attached hydrogen (secondary N) is 2. The van der Waals surface area contributed by atoms with Gasteiger partial charge in [-0.3, -0.25) is 9.79 Å². The molecule has 5 nitrogen and oxygen atoms in total. The second-order valence-electron chi connectivity index (χ2n) is 7.66.